The minimum absolute atomic E-state index is 0.374. The van der Waals surface area contributed by atoms with Crippen LogP contribution < -0.4 is 4.74 Å². The lowest BCUT2D eigenvalue weighted by Gasteiger charge is -2.39. The van der Waals surface area contributed by atoms with Gasteiger partial charge in [0.1, 0.15) is 17.4 Å². The fourth-order valence-electron chi connectivity index (χ4n) is 3.74. The van der Waals surface area contributed by atoms with Crippen LogP contribution in [-0.4, -0.2) is 33.3 Å². The van der Waals surface area contributed by atoms with Gasteiger partial charge in [-0.05, 0) is 24.8 Å². The van der Waals surface area contributed by atoms with Gasteiger partial charge in [0.15, 0.2) is 0 Å². The fourth-order valence-corrected chi connectivity index (χ4v) is 3.74. The Hall–Kier alpha value is -1.88. The van der Waals surface area contributed by atoms with E-state index in [4.69, 9.17) is 4.74 Å². The van der Waals surface area contributed by atoms with E-state index < -0.39 is 0 Å². The van der Waals surface area contributed by atoms with Gasteiger partial charge in [-0.15, -0.1) is 10.2 Å². The van der Waals surface area contributed by atoms with E-state index in [2.05, 4.69) is 58.8 Å². The number of likely N-dealkylation sites (tertiary alicyclic amines) is 1. The molecule has 2 heterocycles. The Morgan fingerprint density at radius 1 is 1.17 bits per heavy atom. The minimum Gasteiger partial charge on any atom is -0.496 e. The average Bonchev–Trinajstić information content (AvgIpc) is 2.95. The number of aromatic nitrogens is 3. The van der Waals surface area contributed by atoms with E-state index in [-0.39, 0.29) is 0 Å². The molecule has 5 heteroatoms. The topological polar surface area (TPSA) is 43.2 Å². The van der Waals surface area contributed by atoms with Crippen molar-refractivity contribution in [1.29, 1.82) is 0 Å². The van der Waals surface area contributed by atoms with Crippen LogP contribution in [0.3, 0.4) is 0 Å². The molecule has 130 valence electrons. The molecule has 0 aliphatic carbocycles. The summed E-state index contributed by atoms with van der Waals surface area (Å²) >= 11 is 0. The molecular formula is C19H28N4O. The predicted octanol–water partition coefficient (Wildman–Crippen LogP) is 3.36. The molecule has 5 nitrogen and oxygen atoms in total. The molecule has 0 bridgehead atoms. The number of methoxy groups -OCH3 is 1. The van der Waals surface area contributed by atoms with Crippen LogP contribution in [0.15, 0.2) is 24.3 Å². The smallest absolute Gasteiger partial charge is 0.146 e. The zero-order valence-electron chi connectivity index (χ0n) is 15.2. The normalized spacial score (nSPS) is 21.8. The molecule has 3 rings (SSSR count). The Morgan fingerprint density at radius 3 is 2.62 bits per heavy atom. The molecule has 0 spiro atoms. The summed E-state index contributed by atoms with van der Waals surface area (Å²) in [7, 11) is 3.82. The van der Waals surface area contributed by atoms with Crippen LogP contribution in [0.1, 0.15) is 49.9 Å². The molecule has 1 aromatic carbocycles. The van der Waals surface area contributed by atoms with Gasteiger partial charge in [0.25, 0.3) is 0 Å². The first kappa shape index (κ1) is 17.0. The molecule has 0 saturated carbocycles. The zero-order valence-corrected chi connectivity index (χ0v) is 15.2. The second-order valence-electron chi connectivity index (χ2n) is 6.81. The van der Waals surface area contributed by atoms with Gasteiger partial charge in [0.2, 0.25) is 0 Å². The lowest BCUT2D eigenvalue weighted by molar-refractivity contribution is 0.100. The number of para-hydroxylation sites is 1. The second kappa shape index (κ2) is 7.34. The first-order valence-corrected chi connectivity index (χ1v) is 8.88. The monoisotopic (exact) mass is 328 g/mol. The number of ether oxygens (including phenoxy) is 1. The van der Waals surface area contributed by atoms with Crippen LogP contribution in [-0.2, 0) is 20.0 Å². The molecule has 0 amide bonds. The van der Waals surface area contributed by atoms with Crippen LogP contribution in [0.2, 0.25) is 0 Å². The number of hydrogen-bond donors (Lipinski definition) is 0. The van der Waals surface area contributed by atoms with Crippen molar-refractivity contribution in [3.63, 3.8) is 0 Å². The maximum absolute atomic E-state index is 5.61. The van der Waals surface area contributed by atoms with E-state index in [0.29, 0.717) is 12.0 Å². The van der Waals surface area contributed by atoms with Crippen LogP contribution in [0.5, 0.6) is 5.75 Å². The molecule has 24 heavy (non-hydrogen) atoms. The number of rotatable bonds is 5. The summed E-state index contributed by atoms with van der Waals surface area (Å²) in [5, 5.41) is 8.73. The van der Waals surface area contributed by atoms with Gasteiger partial charge in [-0.3, -0.25) is 4.90 Å². The Bertz CT molecular complexity index is 682. The minimum atomic E-state index is 0.374. The lowest BCUT2D eigenvalue weighted by Crippen LogP contribution is -2.37. The molecule has 0 unspecified atom stereocenters. The van der Waals surface area contributed by atoms with Crippen LogP contribution in [0.4, 0.5) is 0 Å². The number of piperidine rings is 1. The van der Waals surface area contributed by atoms with Crippen molar-refractivity contribution in [3.8, 4) is 5.75 Å². The molecule has 1 aliphatic rings. The van der Waals surface area contributed by atoms with Gasteiger partial charge in [-0.1, -0.05) is 32.0 Å². The summed E-state index contributed by atoms with van der Waals surface area (Å²) < 4.78 is 7.75. The zero-order chi connectivity index (χ0) is 17.1. The molecular weight excluding hydrogens is 300 g/mol. The van der Waals surface area contributed by atoms with Crippen molar-refractivity contribution < 1.29 is 4.74 Å². The lowest BCUT2D eigenvalue weighted by atomic mass is 9.89. The molecule has 2 aromatic rings. The summed E-state index contributed by atoms with van der Waals surface area (Å²) in [4.78, 5) is 2.54. The van der Waals surface area contributed by atoms with Crippen molar-refractivity contribution in [2.24, 2.45) is 13.0 Å². The van der Waals surface area contributed by atoms with E-state index in [1.54, 1.807) is 7.11 Å². The highest BCUT2D eigenvalue weighted by molar-refractivity contribution is 5.36. The van der Waals surface area contributed by atoms with Gasteiger partial charge in [-0.2, -0.15) is 0 Å². The molecule has 1 aromatic heterocycles. The number of nitrogens with zero attached hydrogens (tertiary/aromatic N) is 4. The maximum atomic E-state index is 5.61. The Kier molecular flexibility index (Phi) is 5.19. The van der Waals surface area contributed by atoms with Crippen molar-refractivity contribution in [3.05, 3.63) is 41.5 Å². The van der Waals surface area contributed by atoms with Crippen molar-refractivity contribution >= 4 is 0 Å². The molecule has 1 aliphatic heterocycles. The SMILES string of the molecule is CCc1nnc(CN2C[C@H](C)CC[C@H]2c2ccccc2OC)n1C. The molecule has 1 fully saturated rings. The number of aryl methyl sites for hydroxylation is 1. The summed E-state index contributed by atoms with van der Waals surface area (Å²) in [5.41, 5.74) is 1.28. The Balaban J connectivity index is 1.88. The summed E-state index contributed by atoms with van der Waals surface area (Å²) in [6.07, 6.45) is 3.31. The third kappa shape index (κ3) is 3.31. The molecule has 1 saturated heterocycles. The van der Waals surface area contributed by atoms with Crippen molar-refractivity contribution in [2.75, 3.05) is 13.7 Å². The Morgan fingerprint density at radius 2 is 1.92 bits per heavy atom. The molecule has 0 radical (unpaired) electrons. The van der Waals surface area contributed by atoms with Crippen molar-refractivity contribution in [1.82, 2.24) is 19.7 Å². The first-order valence-electron chi connectivity index (χ1n) is 8.88. The van der Waals surface area contributed by atoms with E-state index in [9.17, 15) is 0 Å². The largest absolute Gasteiger partial charge is 0.496 e. The summed E-state index contributed by atoms with van der Waals surface area (Å²) in [5.74, 6) is 3.77. The fraction of sp³-hybridized carbons (Fsp3) is 0.579. The van der Waals surface area contributed by atoms with Gasteiger partial charge in [-0.25, -0.2) is 0 Å². The van der Waals surface area contributed by atoms with Crippen LogP contribution >= 0.6 is 0 Å². The molecule has 2 atom stereocenters. The average molecular weight is 328 g/mol. The van der Waals surface area contributed by atoms with Gasteiger partial charge >= 0.3 is 0 Å². The Labute approximate surface area is 144 Å². The summed E-state index contributed by atoms with van der Waals surface area (Å²) in [6, 6.07) is 8.77. The standard InChI is InChI=1S/C19H28N4O/c1-5-18-20-21-19(22(18)3)13-23-12-14(2)10-11-16(23)15-8-6-7-9-17(15)24-4/h6-9,14,16H,5,10-13H2,1-4H3/t14-,16+/m1/s1. The maximum Gasteiger partial charge on any atom is 0.146 e. The van der Waals surface area contributed by atoms with Gasteiger partial charge in [0.05, 0.1) is 13.7 Å². The van der Waals surface area contributed by atoms with E-state index in [0.717, 1.165) is 43.3 Å². The number of hydrogen-bond acceptors (Lipinski definition) is 4. The van der Waals surface area contributed by atoms with Gasteiger partial charge in [0, 0.05) is 31.6 Å². The summed E-state index contributed by atoms with van der Waals surface area (Å²) in [6.45, 7) is 6.36. The molecule has 0 N–H and O–H groups in total. The highest BCUT2D eigenvalue weighted by Crippen LogP contribution is 2.38. The van der Waals surface area contributed by atoms with Crippen LogP contribution in [0.25, 0.3) is 0 Å². The highest BCUT2D eigenvalue weighted by Gasteiger charge is 2.30. The van der Waals surface area contributed by atoms with Crippen molar-refractivity contribution in [2.45, 2.75) is 45.7 Å². The first-order chi connectivity index (χ1) is 11.6. The second-order valence-corrected chi connectivity index (χ2v) is 6.81. The van der Waals surface area contributed by atoms with E-state index in [1.165, 1.54) is 12.0 Å². The highest BCUT2D eigenvalue weighted by atomic mass is 16.5. The predicted molar refractivity (Wildman–Crippen MR) is 94.9 cm³/mol. The van der Waals surface area contributed by atoms with E-state index in [1.807, 2.05) is 6.07 Å². The van der Waals surface area contributed by atoms with E-state index >= 15 is 0 Å². The quantitative estimate of drug-likeness (QED) is 0.844. The number of benzene rings is 1. The van der Waals surface area contributed by atoms with Gasteiger partial charge < -0.3 is 9.30 Å². The van der Waals surface area contributed by atoms with Crippen LogP contribution in [0, 0.1) is 5.92 Å². The third-order valence-corrected chi connectivity index (χ3v) is 5.13. The third-order valence-electron chi connectivity index (χ3n) is 5.13.